The van der Waals surface area contributed by atoms with Crippen molar-refractivity contribution in [1.82, 2.24) is 19.5 Å². The predicted molar refractivity (Wildman–Crippen MR) is 121 cm³/mol. The Hall–Kier alpha value is -4.06. The van der Waals surface area contributed by atoms with Gasteiger partial charge in [-0.25, -0.2) is 15.0 Å². The number of nitrogens with zero attached hydrogens (tertiary/aromatic N) is 4. The molecule has 0 spiro atoms. The fourth-order valence-corrected chi connectivity index (χ4v) is 3.87. The lowest BCUT2D eigenvalue weighted by Gasteiger charge is -2.23. The number of hydrogen-bond acceptors (Lipinski definition) is 11. The molecule has 12 nitrogen and oxygen atoms in total. The Morgan fingerprint density at radius 2 is 1.69 bits per heavy atom. The minimum atomic E-state index is -1.04. The molecule has 1 aliphatic heterocycles. The van der Waals surface area contributed by atoms with Gasteiger partial charge in [-0.05, 0) is 5.56 Å². The summed E-state index contributed by atoms with van der Waals surface area (Å²) in [5.41, 5.74) is 1.94. The average molecular weight is 483 g/mol. The standard InChI is InChI=1S/C23H25N5O7/c1-13(29)32-10-17-19(33-14(2)30)20(34-15(3)31)23(35-17)28-12-27-18-21(25-11-26-22(18)28)24-9-16-7-5-4-6-8-16/h4-8,11-12,17,19-20,23H,9-10H2,1-3H3,(H,24,25,26)/t17-,19-,20-,23-/m1/s1. The van der Waals surface area contributed by atoms with E-state index in [0.717, 1.165) is 5.56 Å². The lowest BCUT2D eigenvalue weighted by Crippen LogP contribution is -2.40. The largest absolute Gasteiger partial charge is 0.463 e. The van der Waals surface area contributed by atoms with Crippen molar-refractivity contribution in [3.63, 3.8) is 0 Å². The number of anilines is 1. The van der Waals surface area contributed by atoms with Gasteiger partial charge in [-0.3, -0.25) is 19.0 Å². The molecular formula is C23H25N5O7. The van der Waals surface area contributed by atoms with E-state index in [0.29, 0.717) is 23.5 Å². The highest BCUT2D eigenvalue weighted by molar-refractivity contribution is 5.82. The van der Waals surface area contributed by atoms with Gasteiger partial charge in [-0.1, -0.05) is 30.3 Å². The van der Waals surface area contributed by atoms with E-state index in [1.54, 1.807) is 4.57 Å². The first-order valence-corrected chi connectivity index (χ1v) is 10.9. The van der Waals surface area contributed by atoms with E-state index < -0.39 is 42.4 Å². The quantitative estimate of drug-likeness (QED) is 0.370. The molecule has 1 aromatic carbocycles. The summed E-state index contributed by atoms with van der Waals surface area (Å²) in [6.07, 6.45) is -1.03. The molecule has 1 fully saturated rings. The molecule has 0 saturated carbocycles. The Balaban J connectivity index is 1.65. The number of carbonyl (C=O) groups is 3. The molecule has 2 aromatic heterocycles. The van der Waals surface area contributed by atoms with Crippen molar-refractivity contribution < 1.29 is 33.3 Å². The molecule has 3 aromatic rings. The first-order chi connectivity index (χ1) is 16.8. The molecule has 0 aliphatic carbocycles. The second-order valence-corrected chi connectivity index (χ2v) is 7.90. The predicted octanol–water partition coefficient (Wildman–Crippen LogP) is 1.76. The number of ether oxygens (including phenoxy) is 4. The van der Waals surface area contributed by atoms with E-state index in [1.807, 2.05) is 30.3 Å². The van der Waals surface area contributed by atoms with Crippen LogP contribution in [0.5, 0.6) is 0 Å². The van der Waals surface area contributed by atoms with Crippen LogP contribution < -0.4 is 5.32 Å². The summed E-state index contributed by atoms with van der Waals surface area (Å²) in [6.45, 7) is 4.04. The summed E-state index contributed by atoms with van der Waals surface area (Å²) < 4.78 is 23.6. The van der Waals surface area contributed by atoms with Gasteiger partial charge in [0.25, 0.3) is 0 Å². The van der Waals surface area contributed by atoms with Gasteiger partial charge in [0.1, 0.15) is 19.0 Å². The monoisotopic (exact) mass is 483 g/mol. The third-order valence-corrected chi connectivity index (χ3v) is 5.28. The molecule has 35 heavy (non-hydrogen) atoms. The highest BCUT2D eigenvalue weighted by atomic mass is 16.7. The van der Waals surface area contributed by atoms with E-state index in [9.17, 15) is 14.4 Å². The first kappa shape index (κ1) is 24.1. The SMILES string of the molecule is CC(=O)OC[C@H]1O[C@@H](n2cnc3c(NCc4ccccc4)ncnc32)[C@H](OC(C)=O)[C@@H]1OC(C)=O. The second kappa shape index (κ2) is 10.5. The van der Waals surface area contributed by atoms with Gasteiger partial charge in [0.15, 0.2) is 35.4 Å². The minimum Gasteiger partial charge on any atom is -0.463 e. The number of fused-ring (bicyclic) bond motifs is 1. The van der Waals surface area contributed by atoms with Crippen LogP contribution >= 0.6 is 0 Å². The van der Waals surface area contributed by atoms with E-state index in [-0.39, 0.29) is 6.61 Å². The maximum absolute atomic E-state index is 11.9. The molecule has 4 atom stereocenters. The summed E-state index contributed by atoms with van der Waals surface area (Å²) in [4.78, 5) is 48.1. The summed E-state index contributed by atoms with van der Waals surface area (Å²) in [7, 11) is 0. The number of aromatic nitrogens is 4. The van der Waals surface area contributed by atoms with Crippen molar-refractivity contribution in [1.29, 1.82) is 0 Å². The van der Waals surface area contributed by atoms with Crippen molar-refractivity contribution in [2.24, 2.45) is 0 Å². The smallest absolute Gasteiger partial charge is 0.303 e. The number of nitrogens with one attached hydrogen (secondary N) is 1. The lowest BCUT2D eigenvalue weighted by molar-refractivity contribution is -0.166. The topological polar surface area (TPSA) is 144 Å². The van der Waals surface area contributed by atoms with Crippen LogP contribution in [0.1, 0.15) is 32.6 Å². The number of imidazole rings is 1. The van der Waals surface area contributed by atoms with Crippen LogP contribution in [-0.4, -0.2) is 62.3 Å². The van der Waals surface area contributed by atoms with E-state index in [1.165, 1.54) is 33.4 Å². The zero-order valence-electron chi connectivity index (χ0n) is 19.4. The van der Waals surface area contributed by atoms with E-state index in [4.69, 9.17) is 18.9 Å². The molecule has 0 bridgehead atoms. The van der Waals surface area contributed by atoms with Crippen molar-refractivity contribution in [2.75, 3.05) is 11.9 Å². The molecule has 1 saturated heterocycles. The van der Waals surface area contributed by atoms with Crippen LogP contribution in [0.3, 0.4) is 0 Å². The molecule has 0 amide bonds. The fourth-order valence-electron chi connectivity index (χ4n) is 3.87. The van der Waals surface area contributed by atoms with Crippen LogP contribution in [0.25, 0.3) is 11.2 Å². The molecule has 1 aliphatic rings. The summed E-state index contributed by atoms with van der Waals surface area (Å²) in [6, 6.07) is 9.79. The Morgan fingerprint density at radius 1 is 0.971 bits per heavy atom. The Morgan fingerprint density at radius 3 is 2.37 bits per heavy atom. The van der Waals surface area contributed by atoms with Gasteiger partial charge >= 0.3 is 17.9 Å². The zero-order valence-corrected chi connectivity index (χ0v) is 19.4. The van der Waals surface area contributed by atoms with Gasteiger partial charge in [-0.15, -0.1) is 0 Å². The zero-order chi connectivity index (χ0) is 24.9. The molecule has 0 radical (unpaired) electrons. The molecule has 184 valence electrons. The third-order valence-electron chi connectivity index (χ3n) is 5.28. The Labute approximate surface area is 200 Å². The van der Waals surface area contributed by atoms with Crippen LogP contribution in [0.15, 0.2) is 43.0 Å². The average Bonchev–Trinajstić information content (AvgIpc) is 3.38. The van der Waals surface area contributed by atoms with Crippen LogP contribution in [-0.2, 0) is 39.9 Å². The number of rotatable bonds is 8. The van der Waals surface area contributed by atoms with Crippen molar-refractivity contribution in [3.05, 3.63) is 48.5 Å². The van der Waals surface area contributed by atoms with Crippen LogP contribution in [0.2, 0.25) is 0 Å². The number of benzene rings is 1. The van der Waals surface area contributed by atoms with Gasteiger partial charge in [0.05, 0.1) is 6.33 Å². The molecule has 1 N–H and O–H groups in total. The highest BCUT2D eigenvalue weighted by Crippen LogP contribution is 2.36. The van der Waals surface area contributed by atoms with Crippen molar-refractivity contribution in [2.45, 2.75) is 51.9 Å². The normalized spacial score (nSPS) is 21.5. The fraction of sp³-hybridized carbons (Fsp3) is 0.391. The number of esters is 3. The number of hydrogen-bond donors (Lipinski definition) is 1. The summed E-state index contributed by atoms with van der Waals surface area (Å²) in [5, 5.41) is 3.25. The molecule has 12 heteroatoms. The summed E-state index contributed by atoms with van der Waals surface area (Å²) >= 11 is 0. The number of carbonyl (C=O) groups excluding carboxylic acids is 3. The van der Waals surface area contributed by atoms with Gasteiger partial charge in [0, 0.05) is 27.3 Å². The lowest BCUT2D eigenvalue weighted by atomic mass is 10.1. The summed E-state index contributed by atoms with van der Waals surface area (Å²) in [5.74, 6) is -1.22. The third kappa shape index (κ3) is 5.54. The molecular weight excluding hydrogens is 458 g/mol. The van der Waals surface area contributed by atoms with Crippen LogP contribution in [0, 0.1) is 0 Å². The Kier molecular flexibility index (Phi) is 7.20. The Bertz CT molecular complexity index is 1220. The van der Waals surface area contributed by atoms with Crippen molar-refractivity contribution >= 4 is 34.9 Å². The van der Waals surface area contributed by atoms with Gasteiger partial charge in [0.2, 0.25) is 0 Å². The van der Waals surface area contributed by atoms with Gasteiger partial charge in [-0.2, -0.15) is 0 Å². The van der Waals surface area contributed by atoms with E-state index in [2.05, 4.69) is 20.3 Å². The minimum absolute atomic E-state index is 0.201. The molecule has 4 rings (SSSR count). The maximum atomic E-state index is 11.9. The molecule has 0 unspecified atom stereocenters. The molecule has 3 heterocycles. The van der Waals surface area contributed by atoms with Crippen molar-refractivity contribution in [3.8, 4) is 0 Å². The van der Waals surface area contributed by atoms with Crippen LogP contribution in [0.4, 0.5) is 5.82 Å². The first-order valence-electron chi connectivity index (χ1n) is 10.9. The highest BCUT2D eigenvalue weighted by Gasteiger charge is 2.51. The van der Waals surface area contributed by atoms with E-state index >= 15 is 0 Å². The second-order valence-electron chi connectivity index (χ2n) is 7.90. The maximum Gasteiger partial charge on any atom is 0.303 e. The van der Waals surface area contributed by atoms with Gasteiger partial charge < -0.3 is 24.3 Å².